The third-order valence-corrected chi connectivity index (χ3v) is 4.55. The minimum atomic E-state index is -0.378. The van der Waals surface area contributed by atoms with Gasteiger partial charge in [0, 0.05) is 28.6 Å². The highest BCUT2D eigenvalue weighted by Gasteiger charge is 2.14. The summed E-state index contributed by atoms with van der Waals surface area (Å²) in [4.78, 5) is 19.3. The second kappa shape index (κ2) is 3.77. The summed E-state index contributed by atoms with van der Waals surface area (Å²) in [6.45, 7) is 1.97. The van der Waals surface area contributed by atoms with Crippen molar-refractivity contribution in [2.45, 2.75) is 6.92 Å². The van der Waals surface area contributed by atoms with Gasteiger partial charge in [-0.15, -0.1) is 11.3 Å². The minimum absolute atomic E-state index is 0.102. The van der Waals surface area contributed by atoms with E-state index in [0.29, 0.717) is 0 Å². The maximum atomic E-state index is 10.8. The lowest BCUT2D eigenvalue weighted by atomic mass is 10.2. The van der Waals surface area contributed by atoms with Crippen LogP contribution in [0.2, 0.25) is 0 Å². The number of benzene rings is 1. The van der Waals surface area contributed by atoms with Crippen molar-refractivity contribution in [2.24, 2.45) is 0 Å². The van der Waals surface area contributed by atoms with E-state index in [-0.39, 0.29) is 10.6 Å². The van der Waals surface area contributed by atoms with Crippen LogP contribution in [-0.4, -0.2) is 14.9 Å². The van der Waals surface area contributed by atoms with E-state index < -0.39 is 0 Å². The highest BCUT2D eigenvalue weighted by molar-refractivity contribution is 7.26. The molecule has 0 aliphatic heterocycles. The predicted molar refractivity (Wildman–Crippen MR) is 80.4 cm³/mol. The molecule has 0 atom stereocenters. The molecule has 20 heavy (non-hydrogen) atoms. The molecule has 1 aromatic carbocycles. The normalized spacial score (nSPS) is 11.7. The Morgan fingerprint density at radius 1 is 1.25 bits per heavy atom. The number of pyridine rings is 1. The van der Waals surface area contributed by atoms with Crippen LogP contribution in [0.3, 0.4) is 0 Å². The fourth-order valence-corrected chi connectivity index (χ4v) is 3.68. The summed E-state index contributed by atoms with van der Waals surface area (Å²) in [7, 11) is 0. The van der Waals surface area contributed by atoms with Crippen molar-refractivity contribution in [3.63, 3.8) is 0 Å². The molecule has 0 bridgehead atoms. The van der Waals surface area contributed by atoms with Crippen LogP contribution in [0.15, 0.2) is 30.3 Å². The zero-order chi connectivity index (χ0) is 13.9. The molecule has 0 radical (unpaired) electrons. The lowest BCUT2D eigenvalue weighted by molar-refractivity contribution is -0.384. The van der Waals surface area contributed by atoms with E-state index in [9.17, 15) is 10.1 Å². The summed E-state index contributed by atoms with van der Waals surface area (Å²) < 4.78 is 1.10. The smallest absolute Gasteiger partial charge is 0.271 e. The summed E-state index contributed by atoms with van der Waals surface area (Å²) in [6, 6.07) is 8.94. The molecule has 3 aromatic heterocycles. The number of nitrogens with zero attached hydrogens (tertiary/aromatic N) is 2. The average molecular weight is 283 g/mol. The molecule has 4 aromatic rings. The van der Waals surface area contributed by atoms with Crippen LogP contribution in [0, 0.1) is 17.0 Å². The van der Waals surface area contributed by atoms with Crippen LogP contribution < -0.4 is 0 Å². The second-order valence-electron chi connectivity index (χ2n) is 4.72. The SMILES string of the molecule is Cc1ccc2c(n1)sc1c3ccc([N+](=O)[O-])cc3[nH]c21. The van der Waals surface area contributed by atoms with Gasteiger partial charge in [-0.25, -0.2) is 4.98 Å². The van der Waals surface area contributed by atoms with Gasteiger partial charge in [-0.1, -0.05) is 0 Å². The Labute approximate surface area is 117 Å². The number of aromatic nitrogens is 2. The monoisotopic (exact) mass is 283 g/mol. The van der Waals surface area contributed by atoms with Crippen molar-refractivity contribution in [2.75, 3.05) is 0 Å². The number of aryl methyl sites for hydroxylation is 1. The molecule has 0 spiro atoms. The standard InChI is InChI=1S/C14H9N3O2S/c1-7-2-4-10-12-13(20-14(10)15-7)9-5-3-8(17(18)19)6-11(9)16-12/h2-6,16H,1H3. The molecule has 0 saturated heterocycles. The molecular weight excluding hydrogens is 274 g/mol. The Kier molecular flexibility index (Phi) is 2.14. The average Bonchev–Trinajstić information content (AvgIpc) is 2.92. The van der Waals surface area contributed by atoms with E-state index >= 15 is 0 Å². The van der Waals surface area contributed by atoms with Crippen LogP contribution in [0.5, 0.6) is 0 Å². The Hall–Kier alpha value is -2.47. The van der Waals surface area contributed by atoms with Gasteiger partial charge < -0.3 is 4.98 Å². The first-order chi connectivity index (χ1) is 9.63. The molecule has 98 valence electrons. The fourth-order valence-electron chi connectivity index (χ4n) is 2.47. The van der Waals surface area contributed by atoms with E-state index in [4.69, 9.17) is 0 Å². The molecule has 0 aliphatic rings. The maximum absolute atomic E-state index is 10.8. The summed E-state index contributed by atoms with van der Waals surface area (Å²) in [5.41, 5.74) is 2.89. The van der Waals surface area contributed by atoms with Gasteiger partial charge in [0.05, 0.1) is 20.7 Å². The highest BCUT2D eigenvalue weighted by atomic mass is 32.1. The van der Waals surface area contributed by atoms with Gasteiger partial charge in [-0.2, -0.15) is 0 Å². The number of nitrogens with one attached hydrogen (secondary N) is 1. The van der Waals surface area contributed by atoms with Crippen LogP contribution in [0.25, 0.3) is 31.3 Å². The number of fused-ring (bicyclic) bond motifs is 5. The summed E-state index contributed by atoms with van der Waals surface area (Å²) in [6.07, 6.45) is 0. The number of thiophene rings is 1. The van der Waals surface area contributed by atoms with Crippen LogP contribution >= 0.6 is 11.3 Å². The van der Waals surface area contributed by atoms with Crippen LogP contribution in [0.4, 0.5) is 5.69 Å². The largest absolute Gasteiger partial charge is 0.353 e. The number of hydrogen-bond acceptors (Lipinski definition) is 4. The molecule has 1 N–H and O–H groups in total. The second-order valence-corrected chi connectivity index (χ2v) is 5.72. The number of H-pyrrole nitrogens is 1. The maximum Gasteiger partial charge on any atom is 0.271 e. The number of nitro groups is 1. The lowest BCUT2D eigenvalue weighted by Crippen LogP contribution is -1.86. The quantitative estimate of drug-likeness (QED) is 0.421. The molecule has 0 aliphatic carbocycles. The van der Waals surface area contributed by atoms with Crippen molar-refractivity contribution < 1.29 is 4.92 Å². The zero-order valence-corrected chi connectivity index (χ0v) is 11.3. The summed E-state index contributed by atoms with van der Waals surface area (Å²) >= 11 is 1.61. The van der Waals surface area contributed by atoms with Crippen molar-refractivity contribution >= 4 is 48.4 Å². The van der Waals surface area contributed by atoms with Gasteiger partial charge in [0.1, 0.15) is 4.83 Å². The topological polar surface area (TPSA) is 71.8 Å². The first-order valence-electron chi connectivity index (χ1n) is 6.09. The van der Waals surface area contributed by atoms with Gasteiger partial charge in [-0.3, -0.25) is 10.1 Å². The molecule has 4 rings (SSSR count). The molecule has 0 fully saturated rings. The van der Waals surface area contributed by atoms with Crippen molar-refractivity contribution in [1.29, 1.82) is 0 Å². The van der Waals surface area contributed by atoms with E-state index in [1.807, 2.05) is 19.1 Å². The van der Waals surface area contributed by atoms with E-state index in [1.165, 1.54) is 0 Å². The number of hydrogen-bond donors (Lipinski definition) is 1. The zero-order valence-electron chi connectivity index (χ0n) is 10.5. The minimum Gasteiger partial charge on any atom is -0.353 e. The van der Waals surface area contributed by atoms with Crippen molar-refractivity contribution in [3.05, 3.63) is 46.1 Å². The van der Waals surface area contributed by atoms with Crippen LogP contribution in [0.1, 0.15) is 5.69 Å². The Morgan fingerprint density at radius 2 is 2.05 bits per heavy atom. The van der Waals surface area contributed by atoms with E-state index in [0.717, 1.165) is 37.0 Å². The van der Waals surface area contributed by atoms with Crippen LogP contribution in [-0.2, 0) is 0 Å². The molecule has 6 heteroatoms. The number of rotatable bonds is 1. The Morgan fingerprint density at radius 3 is 2.85 bits per heavy atom. The molecule has 5 nitrogen and oxygen atoms in total. The molecule has 3 heterocycles. The molecule has 0 amide bonds. The highest BCUT2D eigenvalue weighted by Crippen LogP contribution is 2.38. The van der Waals surface area contributed by atoms with Crippen molar-refractivity contribution in [3.8, 4) is 0 Å². The fraction of sp³-hybridized carbons (Fsp3) is 0.0714. The Balaban J connectivity index is 2.12. The van der Waals surface area contributed by atoms with Gasteiger partial charge in [0.15, 0.2) is 0 Å². The molecular formula is C14H9N3O2S. The Bertz CT molecular complexity index is 1000. The summed E-state index contributed by atoms with van der Waals surface area (Å²) in [5.74, 6) is 0. The first-order valence-corrected chi connectivity index (χ1v) is 6.91. The van der Waals surface area contributed by atoms with E-state index in [2.05, 4.69) is 9.97 Å². The van der Waals surface area contributed by atoms with Gasteiger partial charge in [0.25, 0.3) is 5.69 Å². The summed E-state index contributed by atoms with van der Waals surface area (Å²) in [5, 5.41) is 12.9. The van der Waals surface area contributed by atoms with E-state index in [1.54, 1.807) is 29.5 Å². The van der Waals surface area contributed by atoms with Gasteiger partial charge in [-0.05, 0) is 25.1 Å². The first kappa shape index (κ1) is 11.4. The van der Waals surface area contributed by atoms with Crippen molar-refractivity contribution in [1.82, 2.24) is 9.97 Å². The number of nitro benzene ring substituents is 1. The molecule has 0 saturated carbocycles. The number of non-ortho nitro benzene ring substituents is 1. The van der Waals surface area contributed by atoms with Gasteiger partial charge in [0.2, 0.25) is 0 Å². The third kappa shape index (κ3) is 1.45. The third-order valence-electron chi connectivity index (χ3n) is 3.41. The molecule has 0 unspecified atom stereocenters. The van der Waals surface area contributed by atoms with Gasteiger partial charge >= 0.3 is 0 Å². The predicted octanol–water partition coefficient (Wildman–Crippen LogP) is 4.15. The number of aromatic amines is 1. The lowest BCUT2D eigenvalue weighted by Gasteiger charge is -1.93.